The maximum absolute atomic E-state index is 13.0. The topological polar surface area (TPSA) is 94.6 Å². The SMILES string of the molecule is CC(=O)NCC1CC(=O)C2=C(C1)O[C@@H]1C(=C2)C=C[C@]2(C)[C@@H](c3ccc4ccncc4c3)C(OC(C)=O)C[C@@H]12. The quantitative estimate of drug-likeness (QED) is 0.605. The van der Waals surface area contributed by atoms with Gasteiger partial charge in [0.05, 0.1) is 5.57 Å². The summed E-state index contributed by atoms with van der Waals surface area (Å²) in [7, 11) is 0. The minimum atomic E-state index is -0.329. The first-order valence-electron chi connectivity index (χ1n) is 13.3. The van der Waals surface area contributed by atoms with Crippen LogP contribution >= 0.6 is 0 Å². The van der Waals surface area contributed by atoms with Crippen LogP contribution < -0.4 is 5.32 Å². The highest BCUT2D eigenvalue weighted by molar-refractivity contribution is 6.00. The van der Waals surface area contributed by atoms with Crippen LogP contribution in [-0.2, 0) is 23.9 Å². The average Bonchev–Trinajstić information content (AvgIpc) is 3.17. The van der Waals surface area contributed by atoms with Crippen molar-refractivity contribution in [3.8, 4) is 0 Å². The number of pyridine rings is 1. The van der Waals surface area contributed by atoms with E-state index in [0.717, 1.165) is 21.9 Å². The molecule has 1 amide bonds. The molecule has 2 heterocycles. The predicted octanol–water partition coefficient (Wildman–Crippen LogP) is 4.54. The summed E-state index contributed by atoms with van der Waals surface area (Å²) in [5.41, 5.74) is 2.42. The van der Waals surface area contributed by atoms with Gasteiger partial charge in [0.15, 0.2) is 5.78 Å². The van der Waals surface area contributed by atoms with Crippen molar-refractivity contribution in [1.82, 2.24) is 10.3 Å². The van der Waals surface area contributed by atoms with Gasteiger partial charge in [0.25, 0.3) is 0 Å². The second-order valence-electron chi connectivity index (χ2n) is 11.3. The highest BCUT2D eigenvalue weighted by Gasteiger charge is 2.58. The number of nitrogens with one attached hydrogen (secondary N) is 1. The monoisotopic (exact) mass is 512 g/mol. The van der Waals surface area contributed by atoms with Crippen LogP contribution in [0.1, 0.15) is 51.5 Å². The molecule has 1 aromatic heterocycles. The van der Waals surface area contributed by atoms with E-state index in [1.165, 1.54) is 13.8 Å². The number of nitrogens with zero attached hydrogens (tertiary/aromatic N) is 1. The number of allylic oxidation sites excluding steroid dienone is 4. The first-order valence-corrected chi connectivity index (χ1v) is 13.3. The van der Waals surface area contributed by atoms with Crippen LogP contribution in [0.25, 0.3) is 10.8 Å². The fourth-order valence-corrected chi connectivity index (χ4v) is 7.03. The number of fused-ring (bicyclic) bond motifs is 4. The molecule has 2 aromatic rings. The molecule has 1 saturated carbocycles. The minimum absolute atomic E-state index is 0.0157. The number of hydrogen-bond acceptors (Lipinski definition) is 6. The highest BCUT2D eigenvalue weighted by atomic mass is 16.5. The van der Waals surface area contributed by atoms with Gasteiger partial charge < -0.3 is 14.8 Å². The number of aromatic nitrogens is 1. The van der Waals surface area contributed by atoms with Gasteiger partial charge in [0.1, 0.15) is 18.0 Å². The maximum Gasteiger partial charge on any atom is 0.302 e. The Bertz CT molecular complexity index is 1440. The fraction of sp³-hybridized carbons (Fsp3) is 0.419. The van der Waals surface area contributed by atoms with E-state index in [1.807, 2.05) is 18.3 Å². The Morgan fingerprint density at radius 2 is 2.03 bits per heavy atom. The van der Waals surface area contributed by atoms with Crippen molar-refractivity contribution in [3.05, 3.63) is 77.4 Å². The zero-order valence-corrected chi connectivity index (χ0v) is 21.9. The largest absolute Gasteiger partial charge is 0.489 e. The van der Waals surface area contributed by atoms with Crippen LogP contribution in [-0.4, -0.2) is 41.4 Å². The van der Waals surface area contributed by atoms with Crippen molar-refractivity contribution in [2.75, 3.05) is 6.54 Å². The van der Waals surface area contributed by atoms with Gasteiger partial charge in [-0.1, -0.05) is 31.2 Å². The Labute approximate surface area is 222 Å². The van der Waals surface area contributed by atoms with E-state index in [4.69, 9.17) is 9.47 Å². The first kappa shape index (κ1) is 24.6. The summed E-state index contributed by atoms with van der Waals surface area (Å²) in [4.78, 5) is 40.9. The molecule has 0 bridgehead atoms. The Kier molecular flexibility index (Phi) is 5.97. The summed E-state index contributed by atoms with van der Waals surface area (Å²) in [5.74, 6) is 0.388. The summed E-state index contributed by atoms with van der Waals surface area (Å²) in [6.07, 6.45) is 11.1. The second kappa shape index (κ2) is 9.22. The summed E-state index contributed by atoms with van der Waals surface area (Å²) in [5, 5.41) is 5.01. The Balaban J connectivity index is 1.35. The molecule has 2 unspecified atom stereocenters. The molecule has 1 N–H and O–H groups in total. The number of carbonyl (C=O) groups excluding carboxylic acids is 3. The van der Waals surface area contributed by atoms with Gasteiger partial charge in [-0.05, 0) is 47.1 Å². The number of esters is 1. The van der Waals surface area contributed by atoms with Crippen LogP contribution in [0, 0.1) is 17.3 Å². The van der Waals surface area contributed by atoms with Gasteiger partial charge >= 0.3 is 5.97 Å². The molecule has 6 rings (SSSR count). The summed E-state index contributed by atoms with van der Waals surface area (Å²) < 4.78 is 12.6. The van der Waals surface area contributed by atoms with E-state index in [-0.39, 0.29) is 53.0 Å². The normalized spacial score (nSPS) is 31.6. The molecule has 1 fully saturated rings. The van der Waals surface area contributed by atoms with Crippen LogP contribution in [0.2, 0.25) is 0 Å². The van der Waals surface area contributed by atoms with E-state index in [0.29, 0.717) is 37.1 Å². The molecular weight excluding hydrogens is 480 g/mol. The lowest BCUT2D eigenvalue weighted by Crippen LogP contribution is -2.42. The standard InChI is InChI=1S/C31H32N2O5/c1-17(34)33-15-19-10-26(36)24-13-22-6-8-31(3)25(30(22)38-27(24)11-19)14-28(37-18(2)35)29(31)21-5-4-20-7-9-32-16-23(20)12-21/h4-9,12-13,16,19,25,28-30H,10-11,14-15H2,1-3H3,(H,33,34)/t19?,25-,28?,29-,30+,31-/m0/s1. The molecule has 38 heavy (non-hydrogen) atoms. The molecule has 7 heteroatoms. The second-order valence-corrected chi connectivity index (χ2v) is 11.3. The third-order valence-electron chi connectivity index (χ3n) is 8.77. The molecule has 0 saturated heterocycles. The Hall–Kier alpha value is -3.74. The first-order chi connectivity index (χ1) is 18.2. The zero-order chi connectivity index (χ0) is 26.6. The number of ketones is 1. The van der Waals surface area contributed by atoms with E-state index >= 15 is 0 Å². The maximum atomic E-state index is 13.0. The number of benzene rings is 1. The van der Waals surface area contributed by atoms with E-state index in [2.05, 4.69) is 47.6 Å². The fourth-order valence-electron chi connectivity index (χ4n) is 7.03. The summed E-state index contributed by atoms with van der Waals surface area (Å²) >= 11 is 0. The Morgan fingerprint density at radius 1 is 1.18 bits per heavy atom. The van der Waals surface area contributed by atoms with Crippen LogP contribution in [0.5, 0.6) is 0 Å². The Morgan fingerprint density at radius 3 is 2.82 bits per heavy atom. The molecule has 4 aliphatic rings. The van der Waals surface area contributed by atoms with Gasteiger partial charge in [0, 0.05) is 68.3 Å². The average molecular weight is 513 g/mol. The van der Waals surface area contributed by atoms with Crippen LogP contribution in [0.4, 0.5) is 0 Å². The molecule has 6 atom stereocenters. The van der Waals surface area contributed by atoms with Crippen molar-refractivity contribution >= 4 is 28.4 Å². The number of amides is 1. The zero-order valence-electron chi connectivity index (χ0n) is 21.9. The smallest absolute Gasteiger partial charge is 0.302 e. The van der Waals surface area contributed by atoms with Crippen molar-refractivity contribution in [2.45, 2.75) is 58.2 Å². The van der Waals surface area contributed by atoms with Crippen molar-refractivity contribution in [1.29, 1.82) is 0 Å². The summed E-state index contributed by atoms with van der Waals surface area (Å²) in [6.45, 7) is 5.63. The van der Waals surface area contributed by atoms with Gasteiger partial charge in [-0.3, -0.25) is 19.4 Å². The minimum Gasteiger partial charge on any atom is -0.489 e. The van der Waals surface area contributed by atoms with E-state index in [9.17, 15) is 14.4 Å². The molecule has 7 nitrogen and oxygen atoms in total. The van der Waals surface area contributed by atoms with Gasteiger partial charge in [-0.25, -0.2) is 0 Å². The van der Waals surface area contributed by atoms with Crippen molar-refractivity contribution in [2.24, 2.45) is 17.3 Å². The number of carbonyl (C=O) groups is 3. The lowest BCUT2D eigenvalue weighted by Gasteiger charge is -2.44. The van der Waals surface area contributed by atoms with Crippen molar-refractivity contribution < 1.29 is 23.9 Å². The molecular formula is C31H32N2O5. The van der Waals surface area contributed by atoms with Crippen molar-refractivity contribution in [3.63, 3.8) is 0 Å². The molecule has 3 aliphatic carbocycles. The molecule has 1 aromatic carbocycles. The third-order valence-corrected chi connectivity index (χ3v) is 8.77. The molecule has 196 valence electrons. The number of ether oxygens (including phenoxy) is 2. The van der Waals surface area contributed by atoms with Gasteiger partial charge in [-0.2, -0.15) is 0 Å². The third kappa shape index (κ3) is 4.14. The van der Waals surface area contributed by atoms with E-state index < -0.39 is 0 Å². The van der Waals surface area contributed by atoms with E-state index in [1.54, 1.807) is 6.20 Å². The van der Waals surface area contributed by atoms with Gasteiger partial charge in [0.2, 0.25) is 5.91 Å². The number of rotatable bonds is 4. The lowest BCUT2D eigenvalue weighted by molar-refractivity contribution is -0.147. The predicted molar refractivity (Wildman–Crippen MR) is 142 cm³/mol. The molecule has 0 spiro atoms. The summed E-state index contributed by atoms with van der Waals surface area (Å²) in [6, 6.07) is 8.38. The van der Waals surface area contributed by atoms with Crippen LogP contribution in [0.15, 0.2) is 71.8 Å². The molecule has 1 aliphatic heterocycles. The number of hydrogen-bond donors (Lipinski definition) is 1. The number of Topliss-reactive ketones (excluding diaryl/α,β-unsaturated/α-hetero) is 1. The highest BCUT2D eigenvalue weighted by Crippen LogP contribution is 2.60. The lowest BCUT2D eigenvalue weighted by atomic mass is 9.64. The van der Waals surface area contributed by atoms with Gasteiger partial charge in [-0.15, -0.1) is 0 Å². The van der Waals surface area contributed by atoms with Crippen LogP contribution in [0.3, 0.4) is 0 Å². The molecule has 0 radical (unpaired) electrons.